The molecule has 0 aromatic carbocycles. The molecule has 0 bridgehead atoms. The molecular weight excluding hydrogens is 190 g/mol. The fourth-order valence-corrected chi connectivity index (χ4v) is 1.12. The van der Waals surface area contributed by atoms with Crippen molar-refractivity contribution in [1.82, 2.24) is 15.6 Å². The number of hydrogen-bond donors (Lipinski definition) is 2. The second-order valence-electron chi connectivity index (χ2n) is 3.58. The van der Waals surface area contributed by atoms with Crippen LogP contribution in [0.25, 0.3) is 0 Å². The molecule has 0 spiro atoms. The van der Waals surface area contributed by atoms with Crippen molar-refractivity contribution >= 4 is 5.91 Å². The molecule has 4 nitrogen and oxygen atoms in total. The van der Waals surface area contributed by atoms with Crippen LogP contribution >= 0.6 is 0 Å². The molecule has 0 aliphatic heterocycles. The molecule has 1 aromatic rings. The van der Waals surface area contributed by atoms with Crippen LogP contribution in [-0.2, 0) is 0 Å². The van der Waals surface area contributed by atoms with E-state index in [0.29, 0.717) is 18.3 Å². The summed E-state index contributed by atoms with van der Waals surface area (Å²) in [4.78, 5) is 15.4. The standard InChI is InChI=1S/C11H17N3O/c1-9(2)12-7-8-14-11(15)10-5-3-4-6-13-10/h3-6,9,12H,7-8H2,1-2H3,(H,14,15). The Hall–Kier alpha value is -1.42. The molecule has 1 amide bonds. The van der Waals surface area contributed by atoms with Gasteiger partial charge in [0, 0.05) is 25.3 Å². The van der Waals surface area contributed by atoms with E-state index < -0.39 is 0 Å². The highest BCUT2D eigenvalue weighted by Gasteiger charge is 2.04. The van der Waals surface area contributed by atoms with E-state index in [9.17, 15) is 4.79 Å². The Balaban J connectivity index is 2.25. The molecule has 1 aromatic heterocycles. The Morgan fingerprint density at radius 1 is 1.40 bits per heavy atom. The topological polar surface area (TPSA) is 54.0 Å². The van der Waals surface area contributed by atoms with E-state index in [4.69, 9.17) is 0 Å². The highest BCUT2D eigenvalue weighted by atomic mass is 16.1. The van der Waals surface area contributed by atoms with Crippen LogP contribution in [-0.4, -0.2) is 30.0 Å². The van der Waals surface area contributed by atoms with Crippen molar-refractivity contribution in [3.63, 3.8) is 0 Å². The summed E-state index contributed by atoms with van der Waals surface area (Å²) in [6.07, 6.45) is 1.61. The van der Waals surface area contributed by atoms with Gasteiger partial charge in [0.25, 0.3) is 5.91 Å². The van der Waals surface area contributed by atoms with Gasteiger partial charge in [0.15, 0.2) is 0 Å². The predicted molar refractivity (Wildman–Crippen MR) is 59.7 cm³/mol. The van der Waals surface area contributed by atoms with Gasteiger partial charge in [-0.2, -0.15) is 0 Å². The number of pyridine rings is 1. The molecule has 4 heteroatoms. The van der Waals surface area contributed by atoms with Gasteiger partial charge in [-0.1, -0.05) is 19.9 Å². The minimum Gasteiger partial charge on any atom is -0.349 e. The van der Waals surface area contributed by atoms with E-state index in [1.165, 1.54) is 0 Å². The van der Waals surface area contributed by atoms with Gasteiger partial charge in [-0.3, -0.25) is 9.78 Å². The fraction of sp³-hybridized carbons (Fsp3) is 0.455. The molecule has 0 saturated carbocycles. The van der Waals surface area contributed by atoms with Crippen molar-refractivity contribution in [3.8, 4) is 0 Å². The highest BCUT2D eigenvalue weighted by molar-refractivity contribution is 5.92. The summed E-state index contributed by atoms with van der Waals surface area (Å²) in [7, 11) is 0. The van der Waals surface area contributed by atoms with Gasteiger partial charge in [0.05, 0.1) is 0 Å². The van der Waals surface area contributed by atoms with Crippen molar-refractivity contribution in [2.75, 3.05) is 13.1 Å². The molecule has 0 aliphatic rings. The van der Waals surface area contributed by atoms with Crippen LogP contribution in [0.1, 0.15) is 24.3 Å². The first-order chi connectivity index (χ1) is 7.20. The third-order valence-electron chi connectivity index (χ3n) is 1.86. The van der Waals surface area contributed by atoms with Crippen LogP contribution in [0.15, 0.2) is 24.4 Å². The Bertz CT molecular complexity index is 298. The SMILES string of the molecule is CC(C)NCCNC(=O)c1ccccn1. The van der Waals surface area contributed by atoms with Crippen LogP contribution < -0.4 is 10.6 Å². The first-order valence-electron chi connectivity index (χ1n) is 5.13. The molecule has 2 N–H and O–H groups in total. The number of nitrogens with zero attached hydrogens (tertiary/aromatic N) is 1. The zero-order chi connectivity index (χ0) is 11.1. The molecule has 0 radical (unpaired) electrons. The number of amides is 1. The van der Waals surface area contributed by atoms with Crippen LogP contribution in [0, 0.1) is 0 Å². The Morgan fingerprint density at radius 3 is 2.80 bits per heavy atom. The lowest BCUT2D eigenvalue weighted by Gasteiger charge is -2.08. The summed E-state index contributed by atoms with van der Waals surface area (Å²) in [6, 6.07) is 5.73. The van der Waals surface area contributed by atoms with Crippen molar-refractivity contribution < 1.29 is 4.79 Å². The number of carbonyl (C=O) groups excluding carboxylic acids is 1. The van der Waals surface area contributed by atoms with E-state index in [-0.39, 0.29) is 5.91 Å². The lowest BCUT2D eigenvalue weighted by atomic mass is 10.3. The third-order valence-corrected chi connectivity index (χ3v) is 1.86. The zero-order valence-corrected chi connectivity index (χ0v) is 9.16. The monoisotopic (exact) mass is 207 g/mol. The van der Waals surface area contributed by atoms with Gasteiger partial charge in [0.1, 0.15) is 5.69 Å². The second kappa shape index (κ2) is 6.14. The van der Waals surface area contributed by atoms with E-state index in [2.05, 4.69) is 29.5 Å². The van der Waals surface area contributed by atoms with Gasteiger partial charge in [0.2, 0.25) is 0 Å². The van der Waals surface area contributed by atoms with Crippen LogP contribution in [0.2, 0.25) is 0 Å². The largest absolute Gasteiger partial charge is 0.349 e. The normalized spacial score (nSPS) is 10.3. The Kier molecular flexibility index (Phi) is 4.77. The lowest BCUT2D eigenvalue weighted by Crippen LogP contribution is -2.34. The summed E-state index contributed by atoms with van der Waals surface area (Å²) in [5, 5.41) is 6.01. The van der Waals surface area contributed by atoms with Crippen molar-refractivity contribution in [2.45, 2.75) is 19.9 Å². The second-order valence-corrected chi connectivity index (χ2v) is 3.58. The molecule has 0 aliphatic carbocycles. The molecule has 0 fully saturated rings. The molecular formula is C11H17N3O. The predicted octanol–water partition coefficient (Wildman–Crippen LogP) is 0.809. The molecule has 1 rings (SSSR count). The summed E-state index contributed by atoms with van der Waals surface area (Å²) in [5.74, 6) is -0.124. The van der Waals surface area contributed by atoms with Crippen molar-refractivity contribution in [2.24, 2.45) is 0 Å². The van der Waals surface area contributed by atoms with Crippen molar-refractivity contribution in [1.29, 1.82) is 0 Å². The fourth-order valence-electron chi connectivity index (χ4n) is 1.12. The zero-order valence-electron chi connectivity index (χ0n) is 9.16. The minimum atomic E-state index is -0.124. The molecule has 15 heavy (non-hydrogen) atoms. The quantitative estimate of drug-likeness (QED) is 0.702. The maximum Gasteiger partial charge on any atom is 0.269 e. The average Bonchev–Trinajstić information content (AvgIpc) is 2.25. The van der Waals surface area contributed by atoms with Gasteiger partial charge in [-0.05, 0) is 12.1 Å². The Morgan fingerprint density at radius 2 is 2.20 bits per heavy atom. The lowest BCUT2D eigenvalue weighted by molar-refractivity contribution is 0.0948. The van der Waals surface area contributed by atoms with Crippen molar-refractivity contribution in [3.05, 3.63) is 30.1 Å². The van der Waals surface area contributed by atoms with E-state index in [0.717, 1.165) is 6.54 Å². The molecule has 0 unspecified atom stereocenters. The maximum atomic E-state index is 11.5. The number of hydrogen-bond acceptors (Lipinski definition) is 3. The number of nitrogens with one attached hydrogen (secondary N) is 2. The molecule has 1 heterocycles. The van der Waals surface area contributed by atoms with Gasteiger partial charge in [-0.15, -0.1) is 0 Å². The highest BCUT2D eigenvalue weighted by Crippen LogP contribution is 1.91. The number of carbonyl (C=O) groups is 1. The average molecular weight is 207 g/mol. The van der Waals surface area contributed by atoms with Gasteiger partial charge < -0.3 is 10.6 Å². The first kappa shape index (κ1) is 11.7. The third kappa shape index (κ3) is 4.56. The van der Waals surface area contributed by atoms with E-state index >= 15 is 0 Å². The smallest absolute Gasteiger partial charge is 0.269 e. The number of rotatable bonds is 5. The summed E-state index contributed by atoms with van der Waals surface area (Å²) in [5.41, 5.74) is 0.460. The van der Waals surface area contributed by atoms with E-state index in [1.54, 1.807) is 24.4 Å². The van der Waals surface area contributed by atoms with Gasteiger partial charge in [-0.25, -0.2) is 0 Å². The minimum absolute atomic E-state index is 0.124. The van der Waals surface area contributed by atoms with Crippen LogP contribution in [0.5, 0.6) is 0 Å². The van der Waals surface area contributed by atoms with Crippen LogP contribution in [0.4, 0.5) is 0 Å². The molecule has 82 valence electrons. The summed E-state index contributed by atoms with van der Waals surface area (Å²) in [6.45, 7) is 5.53. The number of aromatic nitrogens is 1. The molecule has 0 saturated heterocycles. The van der Waals surface area contributed by atoms with Crippen LogP contribution in [0.3, 0.4) is 0 Å². The van der Waals surface area contributed by atoms with E-state index in [1.807, 2.05) is 0 Å². The maximum absolute atomic E-state index is 11.5. The molecule has 0 atom stereocenters. The summed E-state index contributed by atoms with van der Waals surface area (Å²) >= 11 is 0. The van der Waals surface area contributed by atoms with Gasteiger partial charge >= 0.3 is 0 Å². The first-order valence-corrected chi connectivity index (χ1v) is 5.13. The summed E-state index contributed by atoms with van der Waals surface area (Å²) < 4.78 is 0. The Labute approximate surface area is 90.1 Å².